The maximum atomic E-state index is 12.1. The first-order chi connectivity index (χ1) is 8.25. The third kappa shape index (κ3) is 1.56. The van der Waals surface area contributed by atoms with Crippen LogP contribution in [0.5, 0.6) is 11.5 Å². The molecule has 2 aromatic carbocycles. The SMILES string of the molecule is O=C1c2ccc(O)cc2OC1c1ccccc1. The summed E-state index contributed by atoms with van der Waals surface area (Å²) in [6, 6.07) is 13.9. The van der Waals surface area contributed by atoms with Gasteiger partial charge in [0.15, 0.2) is 6.10 Å². The van der Waals surface area contributed by atoms with E-state index in [1.165, 1.54) is 12.1 Å². The number of hydrogen-bond acceptors (Lipinski definition) is 3. The first kappa shape index (κ1) is 9.90. The number of fused-ring (bicyclic) bond motifs is 1. The van der Waals surface area contributed by atoms with E-state index >= 15 is 0 Å². The number of aromatic hydroxyl groups is 1. The van der Waals surface area contributed by atoms with Gasteiger partial charge in [0.1, 0.15) is 11.5 Å². The highest BCUT2D eigenvalue weighted by atomic mass is 16.5. The van der Waals surface area contributed by atoms with Gasteiger partial charge in [-0.3, -0.25) is 4.79 Å². The van der Waals surface area contributed by atoms with Crippen molar-refractivity contribution in [2.75, 3.05) is 0 Å². The van der Waals surface area contributed by atoms with Crippen molar-refractivity contribution in [3.8, 4) is 11.5 Å². The van der Waals surface area contributed by atoms with E-state index in [-0.39, 0.29) is 11.5 Å². The fourth-order valence-corrected chi connectivity index (χ4v) is 1.98. The summed E-state index contributed by atoms with van der Waals surface area (Å²) < 4.78 is 5.58. The van der Waals surface area contributed by atoms with Gasteiger partial charge in [-0.2, -0.15) is 0 Å². The summed E-state index contributed by atoms with van der Waals surface area (Å²) in [7, 11) is 0. The highest BCUT2D eigenvalue weighted by Gasteiger charge is 2.33. The van der Waals surface area contributed by atoms with E-state index in [9.17, 15) is 9.90 Å². The van der Waals surface area contributed by atoms with Gasteiger partial charge in [0, 0.05) is 11.6 Å². The molecule has 0 radical (unpaired) electrons. The van der Waals surface area contributed by atoms with Crippen LogP contribution < -0.4 is 4.74 Å². The zero-order valence-electron chi connectivity index (χ0n) is 8.96. The van der Waals surface area contributed by atoms with Gasteiger partial charge >= 0.3 is 0 Å². The Balaban J connectivity index is 2.02. The maximum Gasteiger partial charge on any atom is 0.211 e. The van der Waals surface area contributed by atoms with E-state index < -0.39 is 6.10 Å². The molecular formula is C14H10O3. The van der Waals surface area contributed by atoms with Crippen LogP contribution in [0.1, 0.15) is 22.0 Å². The molecule has 0 fully saturated rings. The number of benzene rings is 2. The van der Waals surface area contributed by atoms with Crippen LogP contribution in [-0.4, -0.2) is 10.9 Å². The Morgan fingerprint density at radius 2 is 1.82 bits per heavy atom. The van der Waals surface area contributed by atoms with E-state index in [1.807, 2.05) is 30.3 Å². The number of phenols is 1. The molecule has 1 heterocycles. The van der Waals surface area contributed by atoms with Crippen molar-refractivity contribution in [2.45, 2.75) is 6.10 Å². The molecule has 3 rings (SSSR count). The molecule has 0 saturated heterocycles. The lowest BCUT2D eigenvalue weighted by molar-refractivity contribution is 0.0858. The molecule has 1 unspecified atom stereocenters. The van der Waals surface area contributed by atoms with E-state index in [1.54, 1.807) is 6.07 Å². The van der Waals surface area contributed by atoms with E-state index in [2.05, 4.69) is 0 Å². The van der Waals surface area contributed by atoms with Gasteiger partial charge in [0.25, 0.3) is 0 Å². The molecule has 0 bridgehead atoms. The highest BCUT2D eigenvalue weighted by Crippen LogP contribution is 2.38. The first-order valence-corrected chi connectivity index (χ1v) is 5.34. The topological polar surface area (TPSA) is 46.5 Å². The summed E-state index contributed by atoms with van der Waals surface area (Å²) in [5.41, 5.74) is 1.35. The Morgan fingerprint density at radius 1 is 1.06 bits per heavy atom. The smallest absolute Gasteiger partial charge is 0.211 e. The van der Waals surface area contributed by atoms with Crippen LogP contribution in [0.3, 0.4) is 0 Å². The Labute approximate surface area is 98.3 Å². The van der Waals surface area contributed by atoms with Gasteiger partial charge in [-0.1, -0.05) is 30.3 Å². The van der Waals surface area contributed by atoms with Gasteiger partial charge in [-0.15, -0.1) is 0 Å². The lowest BCUT2D eigenvalue weighted by Crippen LogP contribution is -2.10. The molecule has 0 saturated carbocycles. The first-order valence-electron chi connectivity index (χ1n) is 5.34. The summed E-state index contributed by atoms with van der Waals surface area (Å²) in [5, 5.41) is 9.35. The number of carbonyl (C=O) groups excluding carboxylic acids is 1. The van der Waals surface area contributed by atoms with Crippen LogP contribution in [-0.2, 0) is 0 Å². The third-order valence-corrected chi connectivity index (χ3v) is 2.82. The van der Waals surface area contributed by atoms with Crippen molar-refractivity contribution in [1.82, 2.24) is 0 Å². The summed E-state index contributed by atoms with van der Waals surface area (Å²) in [5.74, 6) is 0.486. The van der Waals surface area contributed by atoms with Crippen molar-refractivity contribution in [2.24, 2.45) is 0 Å². The Kier molecular flexibility index (Phi) is 2.11. The number of ether oxygens (including phenoxy) is 1. The van der Waals surface area contributed by atoms with Crippen LogP contribution in [0, 0.1) is 0 Å². The van der Waals surface area contributed by atoms with E-state index in [0.717, 1.165) is 5.56 Å². The predicted molar refractivity (Wildman–Crippen MR) is 62.2 cm³/mol. The molecule has 1 N–H and O–H groups in total. The molecule has 0 aliphatic carbocycles. The van der Waals surface area contributed by atoms with Crippen molar-refractivity contribution < 1.29 is 14.6 Å². The van der Waals surface area contributed by atoms with Crippen molar-refractivity contribution in [3.05, 3.63) is 59.7 Å². The Hall–Kier alpha value is -2.29. The van der Waals surface area contributed by atoms with Gasteiger partial charge in [0.05, 0.1) is 5.56 Å². The number of rotatable bonds is 1. The van der Waals surface area contributed by atoms with E-state index in [0.29, 0.717) is 11.3 Å². The minimum atomic E-state index is -0.590. The molecule has 1 atom stereocenters. The molecule has 17 heavy (non-hydrogen) atoms. The summed E-state index contributed by atoms with van der Waals surface area (Å²) in [6.07, 6.45) is -0.590. The summed E-state index contributed by atoms with van der Waals surface area (Å²) in [6.45, 7) is 0. The predicted octanol–water partition coefficient (Wildman–Crippen LogP) is 2.71. The quantitative estimate of drug-likeness (QED) is 0.813. The number of Topliss-reactive ketones (excluding diaryl/α,β-unsaturated/α-hetero) is 1. The van der Waals surface area contributed by atoms with Crippen LogP contribution in [0.15, 0.2) is 48.5 Å². The third-order valence-electron chi connectivity index (χ3n) is 2.82. The molecule has 0 amide bonds. The van der Waals surface area contributed by atoms with Crippen molar-refractivity contribution >= 4 is 5.78 Å². The zero-order chi connectivity index (χ0) is 11.8. The average Bonchev–Trinajstić information content (AvgIpc) is 2.67. The molecule has 3 nitrogen and oxygen atoms in total. The average molecular weight is 226 g/mol. The molecule has 84 valence electrons. The van der Waals surface area contributed by atoms with Crippen molar-refractivity contribution in [3.63, 3.8) is 0 Å². The fourth-order valence-electron chi connectivity index (χ4n) is 1.98. The van der Waals surface area contributed by atoms with E-state index in [4.69, 9.17) is 4.74 Å². The molecule has 1 aliphatic heterocycles. The second-order valence-corrected chi connectivity index (χ2v) is 3.95. The molecule has 1 aliphatic rings. The standard InChI is InChI=1S/C14H10O3/c15-10-6-7-11-12(8-10)17-14(13(11)16)9-4-2-1-3-5-9/h1-8,14-15H. The molecule has 0 aromatic heterocycles. The minimum absolute atomic E-state index is 0.0637. The largest absolute Gasteiger partial charge is 0.508 e. The zero-order valence-corrected chi connectivity index (χ0v) is 8.96. The Bertz CT molecular complexity index is 575. The number of ketones is 1. The molecule has 2 aromatic rings. The van der Waals surface area contributed by atoms with Crippen LogP contribution >= 0.6 is 0 Å². The van der Waals surface area contributed by atoms with Gasteiger partial charge in [0.2, 0.25) is 5.78 Å². The summed E-state index contributed by atoms with van der Waals surface area (Å²) >= 11 is 0. The number of carbonyl (C=O) groups is 1. The second kappa shape index (κ2) is 3.63. The van der Waals surface area contributed by atoms with Crippen LogP contribution in [0.25, 0.3) is 0 Å². The van der Waals surface area contributed by atoms with Gasteiger partial charge < -0.3 is 9.84 Å². The van der Waals surface area contributed by atoms with Crippen LogP contribution in [0.2, 0.25) is 0 Å². The van der Waals surface area contributed by atoms with Gasteiger partial charge in [-0.25, -0.2) is 0 Å². The Morgan fingerprint density at radius 3 is 2.59 bits per heavy atom. The lowest BCUT2D eigenvalue weighted by atomic mass is 10.0. The lowest BCUT2D eigenvalue weighted by Gasteiger charge is -2.08. The highest BCUT2D eigenvalue weighted by molar-refractivity contribution is 6.05. The molecule has 0 spiro atoms. The molecule has 3 heteroatoms. The van der Waals surface area contributed by atoms with Crippen LogP contribution in [0.4, 0.5) is 0 Å². The normalized spacial score (nSPS) is 17.6. The monoisotopic (exact) mass is 226 g/mol. The van der Waals surface area contributed by atoms with Gasteiger partial charge in [-0.05, 0) is 12.1 Å². The molecular weight excluding hydrogens is 216 g/mol. The fraction of sp³-hybridized carbons (Fsp3) is 0.0714. The number of hydrogen-bond donors (Lipinski definition) is 1. The maximum absolute atomic E-state index is 12.1. The second-order valence-electron chi connectivity index (χ2n) is 3.95. The summed E-state index contributed by atoms with van der Waals surface area (Å²) in [4.78, 5) is 12.1. The number of phenolic OH excluding ortho intramolecular Hbond substituents is 1. The minimum Gasteiger partial charge on any atom is -0.508 e. The van der Waals surface area contributed by atoms with Crippen molar-refractivity contribution in [1.29, 1.82) is 0 Å².